The number of fused-ring (bicyclic) bond motifs is 2. The summed E-state index contributed by atoms with van der Waals surface area (Å²) >= 11 is 0. The Hall–Kier alpha value is -2.36. The Kier molecular flexibility index (Phi) is 6.71. The molecule has 174 valence electrons. The molecule has 0 spiro atoms. The lowest BCUT2D eigenvalue weighted by atomic mass is 9.92. The average Bonchev–Trinajstić information content (AvgIpc) is 2.83. The van der Waals surface area contributed by atoms with Crippen LogP contribution in [0.2, 0.25) is 0 Å². The topological polar surface area (TPSA) is 15.7 Å². The Morgan fingerprint density at radius 1 is 0.879 bits per heavy atom. The van der Waals surface area contributed by atoms with Crippen molar-refractivity contribution in [3.05, 3.63) is 76.3 Å². The Bertz CT molecular complexity index is 1120. The van der Waals surface area contributed by atoms with Gasteiger partial charge in [0.1, 0.15) is 5.75 Å². The lowest BCUT2D eigenvalue weighted by Gasteiger charge is -2.37. The second-order valence-electron chi connectivity index (χ2n) is 10.3. The molecule has 3 heteroatoms. The fourth-order valence-electron chi connectivity index (χ4n) is 5.78. The molecule has 3 aromatic rings. The van der Waals surface area contributed by atoms with Gasteiger partial charge in [-0.2, -0.15) is 0 Å². The Morgan fingerprint density at radius 2 is 1.67 bits per heavy atom. The molecular weight excluding hydrogens is 404 g/mol. The van der Waals surface area contributed by atoms with Gasteiger partial charge in [-0.25, -0.2) is 0 Å². The van der Waals surface area contributed by atoms with Crippen LogP contribution < -0.4 is 4.74 Å². The van der Waals surface area contributed by atoms with Gasteiger partial charge in [0.15, 0.2) is 0 Å². The molecule has 0 aliphatic carbocycles. The molecule has 3 aromatic carbocycles. The van der Waals surface area contributed by atoms with E-state index in [0.29, 0.717) is 0 Å². The minimum absolute atomic E-state index is 0.802. The SMILES string of the molecule is COc1ccc2cc(CCN3CCCC(CN4CCc5cc(C)c(C)cc5C4)C3)ccc2c1. The van der Waals surface area contributed by atoms with E-state index in [1.807, 2.05) is 0 Å². The molecular formula is C30H38N2O. The van der Waals surface area contributed by atoms with Crippen LogP contribution in [0.15, 0.2) is 48.5 Å². The Morgan fingerprint density at radius 3 is 2.52 bits per heavy atom. The van der Waals surface area contributed by atoms with Gasteiger partial charge >= 0.3 is 0 Å². The number of benzene rings is 3. The molecule has 0 bridgehead atoms. The summed E-state index contributed by atoms with van der Waals surface area (Å²) in [5, 5.41) is 2.56. The minimum atomic E-state index is 0.802. The Balaban J connectivity index is 1.15. The fourth-order valence-corrected chi connectivity index (χ4v) is 5.78. The summed E-state index contributed by atoms with van der Waals surface area (Å²) in [6.45, 7) is 11.8. The maximum absolute atomic E-state index is 5.36. The van der Waals surface area contributed by atoms with Crippen LogP contribution in [0.25, 0.3) is 10.8 Å². The van der Waals surface area contributed by atoms with Crippen LogP contribution in [-0.4, -0.2) is 49.6 Å². The van der Waals surface area contributed by atoms with Gasteiger partial charge in [-0.05, 0) is 103 Å². The second kappa shape index (κ2) is 9.87. The van der Waals surface area contributed by atoms with E-state index in [4.69, 9.17) is 4.74 Å². The first-order chi connectivity index (χ1) is 16.1. The van der Waals surface area contributed by atoms with Crippen LogP contribution in [0.4, 0.5) is 0 Å². The summed E-state index contributed by atoms with van der Waals surface area (Å²) < 4.78 is 5.36. The van der Waals surface area contributed by atoms with Crippen molar-refractivity contribution in [2.24, 2.45) is 5.92 Å². The van der Waals surface area contributed by atoms with E-state index in [0.717, 1.165) is 24.6 Å². The maximum Gasteiger partial charge on any atom is 0.119 e. The summed E-state index contributed by atoms with van der Waals surface area (Å²) in [5.41, 5.74) is 7.45. The number of nitrogens with zero attached hydrogens (tertiary/aromatic N) is 2. The molecule has 0 radical (unpaired) electrons. The molecule has 1 atom stereocenters. The third-order valence-corrected chi connectivity index (χ3v) is 7.86. The molecule has 2 aliphatic heterocycles. The number of likely N-dealkylation sites (tertiary alicyclic amines) is 1. The van der Waals surface area contributed by atoms with Gasteiger partial charge in [-0.15, -0.1) is 0 Å². The first-order valence-electron chi connectivity index (χ1n) is 12.7. The molecule has 2 aliphatic rings. The molecule has 1 unspecified atom stereocenters. The van der Waals surface area contributed by atoms with Crippen LogP contribution >= 0.6 is 0 Å². The number of rotatable bonds is 6. The van der Waals surface area contributed by atoms with E-state index in [9.17, 15) is 0 Å². The van der Waals surface area contributed by atoms with Crippen molar-refractivity contribution in [1.82, 2.24) is 9.80 Å². The normalized spacial score (nSPS) is 19.5. The number of hydrogen-bond acceptors (Lipinski definition) is 3. The molecule has 0 amide bonds. The number of piperidine rings is 1. The highest BCUT2D eigenvalue weighted by Crippen LogP contribution is 2.26. The van der Waals surface area contributed by atoms with Crippen LogP contribution in [0.3, 0.4) is 0 Å². The quantitative estimate of drug-likeness (QED) is 0.481. The summed E-state index contributed by atoms with van der Waals surface area (Å²) in [6.07, 6.45) is 5.06. The van der Waals surface area contributed by atoms with Gasteiger partial charge in [0.25, 0.3) is 0 Å². The zero-order chi connectivity index (χ0) is 22.8. The average molecular weight is 443 g/mol. The van der Waals surface area contributed by atoms with Crippen molar-refractivity contribution in [2.45, 2.75) is 46.1 Å². The molecule has 5 rings (SSSR count). The van der Waals surface area contributed by atoms with Gasteiger partial charge in [0, 0.05) is 32.7 Å². The minimum Gasteiger partial charge on any atom is -0.497 e. The first kappa shape index (κ1) is 22.4. The van der Waals surface area contributed by atoms with Crippen LogP contribution in [-0.2, 0) is 19.4 Å². The van der Waals surface area contributed by atoms with Gasteiger partial charge in [0.05, 0.1) is 7.11 Å². The molecule has 2 heterocycles. The Labute approximate surface area is 199 Å². The summed E-state index contributed by atoms with van der Waals surface area (Å²) in [4.78, 5) is 5.42. The summed E-state index contributed by atoms with van der Waals surface area (Å²) in [7, 11) is 1.73. The molecule has 3 nitrogen and oxygen atoms in total. The number of aryl methyl sites for hydroxylation is 2. The number of methoxy groups -OCH3 is 1. The van der Waals surface area contributed by atoms with Gasteiger partial charge in [-0.3, -0.25) is 4.90 Å². The predicted molar refractivity (Wildman–Crippen MR) is 138 cm³/mol. The fraction of sp³-hybridized carbons (Fsp3) is 0.467. The largest absolute Gasteiger partial charge is 0.497 e. The van der Waals surface area contributed by atoms with Crippen LogP contribution in [0.5, 0.6) is 5.75 Å². The smallest absolute Gasteiger partial charge is 0.119 e. The van der Waals surface area contributed by atoms with E-state index in [2.05, 4.69) is 72.2 Å². The van der Waals surface area contributed by atoms with Gasteiger partial charge in [-0.1, -0.05) is 36.4 Å². The van der Waals surface area contributed by atoms with Crippen molar-refractivity contribution in [1.29, 1.82) is 0 Å². The molecule has 1 saturated heterocycles. The first-order valence-corrected chi connectivity index (χ1v) is 12.7. The molecule has 0 N–H and O–H groups in total. The lowest BCUT2D eigenvalue weighted by Crippen LogP contribution is -2.43. The molecule has 0 aromatic heterocycles. The van der Waals surface area contributed by atoms with Crippen molar-refractivity contribution in [3.8, 4) is 5.75 Å². The standard InChI is InChI=1S/C30H38N2O/c1-22-15-28-11-14-32(21-29(28)16-23(22)2)20-25-5-4-12-31(19-25)13-10-24-6-7-27-18-30(33-3)9-8-26(27)17-24/h6-9,15-18,25H,4-5,10-14,19-21H2,1-3H3. The van der Waals surface area contributed by atoms with Gasteiger partial charge < -0.3 is 9.64 Å². The lowest BCUT2D eigenvalue weighted by molar-refractivity contribution is 0.127. The van der Waals surface area contributed by atoms with Crippen molar-refractivity contribution in [3.63, 3.8) is 0 Å². The van der Waals surface area contributed by atoms with Crippen LogP contribution in [0.1, 0.15) is 40.7 Å². The van der Waals surface area contributed by atoms with Crippen molar-refractivity contribution < 1.29 is 4.74 Å². The number of ether oxygens (including phenoxy) is 1. The number of hydrogen-bond donors (Lipinski definition) is 0. The van der Waals surface area contributed by atoms with E-state index < -0.39 is 0 Å². The van der Waals surface area contributed by atoms with E-state index >= 15 is 0 Å². The molecule has 1 fully saturated rings. The van der Waals surface area contributed by atoms with E-state index in [1.54, 1.807) is 18.2 Å². The third-order valence-electron chi connectivity index (χ3n) is 7.86. The highest BCUT2D eigenvalue weighted by atomic mass is 16.5. The zero-order valence-corrected chi connectivity index (χ0v) is 20.6. The van der Waals surface area contributed by atoms with Crippen molar-refractivity contribution >= 4 is 10.8 Å². The monoisotopic (exact) mass is 442 g/mol. The summed E-state index contributed by atoms with van der Waals surface area (Å²) in [6, 6.07) is 18.1. The van der Waals surface area contributed by atoms with Crippen molar-refractivity contribution in [2.75, 3.05) is 39.8 Å². The molecule has 33 heavy (non-hydrogen) atoms. The van der Waals surface area contributed by atoms with Gasteiger partial charge in [0.2, 0.25) is 0 Å². The second-order valence-corrected chi connectivity index (χ2v) is 10.3. The summed E-state index contributed by atoms with van der Waals surface area (Å²) in [5.74, 6) is 1.73. The molecule has 0 saturated carbocycles. The van der Waals surface area contributed by atoms with E-state index in [1.165, 1.54) is 79.4 Å². The highest BCUT2D eigenvalue weighted by Gasteiger charge is 2.24. The highest BCUT2D eigenvalue weighted by molar-refractivity contribution is 5.84. The predicted octanol–water partition coefficient (Wildman–Crippen LogP) is 5.78. The van der Waals surface area contributed by atoms with Crippen LogP contribution in [0, 0.1) is 19.8 Å². The van der Waals surface area contributed by atoms with E-state index in [-0.39, 0.29) is 0 Å². The third kappa shape index (κ3) is 5.26. The maximum atomic E-state index is 5.36. The zero-order valence-electron chi connectivity index (χ0n) is 20.6.